The number of carbonyl (C=O) groups is 3. The zero-order valence-electron chi connectivity index (χ0n) is 13.7. The summed E-state index contributed by atoms with van der Waals surface area (Å²) in [5, 5.41) is 2.78. The molecule has 6 heteroatoms. The van der Waals surface area contributed by atoms with Gasteiger partial charge in [-0.3, -0.25) is 14.4 Å². The predicted octanol–water partition coefficient (Wildman–Crippen LogP) is 1.27. The summed E-state index contributed by atoms with van der Waals surface area (Å²) in [6.45, 7) is 0.748. The molecule has 23 heavy (non-hydrogen) atoms. The molecule has 1 aliphatic rings. The molecule has 0 aliphatic carbocycles. The molecule has 3 amide bonds. The van der Waals surface area contributed by atoms with Gasteiger partial charge in [-0.25, -0.2) is 0 Å². The lowest BCUT2D eigenvalue weighted by Gasteiger charge is -2.25. The Kier molecular flexibility index (Phi) is 5.73. The minimum Gasteiger partial charge on any atom is -0.349 e. The number of anilines is 1. The van der Waals surface area contributed by atoms with Crippen LogP contribution in [-0.2, 0) is 20.8 Å². The van der Waals surface area contributed by atoms with E-state index >= 15 is 0 Å². The molecule has 1 heterocycles. The van der Waals surface area contributed by atoms with E-state index in [9.17, 15) is 14.4 Å². The Morgan fingerprint density at radius 1 is 1.17 bits per heavy atom. The first kappa shape index (κ1) is 17.0. The second-order valence-electron chi connectivity index (χ2n) is 5.98. The first-order chi connectivity index (χ1) is 11.0. The fraction of sp³-hybridized carbons (Fsp3) is 0.471. The summed E-state index contributed by atoms with van der Waals surface area (Å²) < 4.78 is 0. The van der Waals surface area contributed by atoms with Gasteiger partial charge in [-0.05, 0) is 30.5 Å². The van der Waals surface area contributed by atoms with Crippen molar-refractivity contribution in [2.75, 3.05) is 32.5 Å². The molecule has 0 bridgehead atoms. The monoisotopic (exact) mass is 317 g/mol. The molecule has 0 atom stereocenters. The largest absolute Gasteiger partial charge is 0.349 e. The normalized spacial score (nSPS) is 14.5. The number of carbonyl (C=O) groups excluding carboxylic acids is 3. The Balaban J connectivity index is 1.86. The lowest BCUT2D eigenvalue weighted by molar-refractivity contribution is -0.136. The van der Waals surface area contributed by atoms with Gasteiger partial charge in [0.1, 0.15) is 0 Å². The lowest BCUT2D eigenvalue weighted by Crippen LogP contribution is -2.40. The highest BCUT2D eigenvalue weighted by atomic mass is 16.2. The van der Waals surface area contributed by atoms with Crippen LogP contribution >= 0.6 is 0 Å². The topological polar surface area (TPSA) is 69.7 Å². The number of hydrogen-bond donors (Lipinski definition) is 1. The van der Waals surface area contributed by atoms with Crippen molar-refractivity contribution >= 4 is 23.4 Å². The highest BCUT2D eigenvalue weighted by Gasteiger charge is 2.20. The van der Waals surface area contributed by atoms with E-state index in [4.69, 9.17) is 0 Å². The minimum atomic E-state index is -0.197. The van der Waals surface area contributed by atoms with Gasteiger partial charge in [0, 0.05) is 32.7 Å². The first-order valence-corrected chi connectivity index (χ1v) is 7.82. The smallest absolute Gasteiger partial charge is 0.243 e. The summed E-state index contributed by atoms with van der Waals surface area (Å²) in [5.41, 5.74) is 1.56. The SMILES string of the molecule is CN(C)C(=O)Cc1ccc(NC(=O)CN2CCCCC2=O)cc1. The lowest BCUT2D eigenvalue weighted by atomic mass is 10.1. The van der Waals surface area contributed by atoms with Crippen molar-refractivity contribution < 1.29 is 14.4 Å². The Bertz CT molecular complexity index is 581. The van der Waals surface area contributed by atoms with Crippen LogP contribution in [0.3, 0.4) is 0 Å². The molecule has 1 fully saturated rings. The second-order valence-corrected chi connectivity index (χ2v) is 5.98. The Morgan fingerprint density at radius 3 is 2.48 bits per heavy atom. The van der Waals surface area contributed by atoms with Gasteiger partial charge in [0.05, 0.1) is 13.0 Å². The zero-order valence-corrected chi connectivity index (χ0v) is 13.7. The number of amides is 3. The molecule has 0 unspecified atom stereocenters. The van der Waals surface area contributed by atoms with Crippen LogP contribution in [0.4, 0.5) is 5.69 Å². The molecule has 0 saturated carbocycles. The van der Waals surface area contributed by atoms with Gasteiger partial charge in [-0.1, -0.05) is 12.1 Å². The molecule has 124 valence electrons. The van der Waals surface area contributed by atoms with E-state index in [1.54, 1.807) is 36.0 Å². The van der Waals surface area contributed by atoms with E-state index < -0.39 is 0 Å². The van der Waals surface area contributed by atoms with Gasteiger partial charge >= 0.3 is 0 Å². The molecule has 1 aliphatic heterocycles. The summed E-state index contributed by atoms with van der Waals surface area (Å²) in [6, 6.07) is 7.19. The van der Waals surface area contributed by atoms with Crippen molar-refractivity contribution in [3.05, 3.63) is 29.8 Å². The number of likely N-dealkylation sites (tertiary alicyclic amines) is 1. The third-order valence-corrected chi connectivity index (χ3v) is 3.85. The zero-order chi connectivity index (χ0) is 16.8. The summed E-state index contributed by atoms with van der Waals surface area (Å²) in [6.07, 6.45) is 2.73. The Hall–Kier alpha value is -2.37. The third-order valence-electron chi connectivity index (χ3n) is 3.85. The summed E-state index contributed by atoms with van der Waals surface area (Å²) in [4.78, 5) is 38.5. The second kappa shape index (κ2) is 7.76. The van der Waals surface area contributed by atoms with Crippen molar-refractivity contribution in [2.45, 2.75) is 25.7 Å². The van der Waals surface area contributed by atoms with Crippen molar-refractivity contribution in [2.24, 2.45) is 0 Å². The van der Waals surface area contributed by atoms with Gasteiger partial charge < -0.3 is 15.1 Å². The highest BCUT2D eigenvalue weighted by Crippen LogP contribution is 2.13. The van der Waals surface area contributed by atoms with Crippen LogP contribution in [0.5, 0.6) is 0 Å². The number of benzene rings is 1. The molecule has 0 radical (unpaired) electrons. The number of nitrogens with one attached hydrogen (secondary N) is 1. The van der Waals surface area contributed by atoms with Crippen molar-refractivity contribution in [1.82, 2.24) is 9.80 Å². The van der Waals surface area contributed by atoms with Crippen LogP contribution in [0.1, 0.15) is 24.8 Å². The molecule has 1 saturated heterocycles. The number of piperidine rings is 1. The van der Waals surface area contributed by atoms with Crippen LogP contribution in [0.25, 0.3) is 0 Å². The van der Waals surface area contributed by atoms with Gasteiger partial charge in [0.2, 0.25) is 17.7 Å². The van der Waals surface area contributed by atoms with E-state index in [2.05, 4.69) is 5.32 Å². The summed E-state index contributed by atoms with van der Waals surface area (Å²) in [5.74, 6) is -0.119. The van der Waals surface area contributed by atoms with Gasteiger partial charge in [0.15, 0.2) is 0 Å². The first-order valence-electron chi connectivity index (χ1n) is 7.82. The highest BCUT2D eigenvalue weighted by molar-refractivity contribution is 5.94. The number of hydrogen-bond acceptors (Lipinski definition) is 3. The van der Waals surface area contributed by atoms with Gasteiger partial charge in [-0.15, -0.1) is 0 Å². The summed E-state index contributed by atoms with van der Waals surface area (Å²) >= 11 is 0. The predicted molar refractivity (Wildman–Crippen MR) is 87.9 cm³/mol. The molecular weight excluding hydrogens is 294 g/mol. The van der Waals surface area contributed by atoms with Crippen LogP contribution in [0, 0.1) is 0 Å². The molecule has 1 aromatic rings. The molecule has 6 nitrogen and oxygen atoms in total. The number of likely N-dealkylation sites (N-methyl/N-ethyl adjacent to an activating group) is 1. The fourth-order valence-electron chi connectivity index (χ4n) is 2.44. The van der Waals surface area contributed by atoms with Gasteiger partial charge in [0.25, 0.3) is 0 Å². The van der Waals surface area contributed by atoms with E-state index in [1.165, 1.54) is 0 Å². The number of nitrogens with zero attached hydrogens (tertiary/aromatic N) is 2. The van der Waals surface area contributed by atoms with Gasteiger partial charge in [-0.2, -0.15) is 0 Å². The molecule has 0 aromatic heterocycles. The van der Waals surface area contributed by atoms with E-state index in [0.717, 1.165) is 18.4 Å². The van der Waals surface area contributed by atoms with E-state index in [-0.39, 0.29) is 24.3 Å². The molecule has 0 spiro atoms. The van der Waals surface area contributed by atoms with E-state index in [0.29, 0.717) is 25.1 Å². The molecular formula is C17H23N3O3. The fourth-order valence-corrected chi connectivity index (χ4v) is 2.44. The van der Waals surface area contributed by atoms with Crippen molar-refractivity contribution in [1.29, 1.82) is 0 Å². The molecule has 1 N–H and O–H groups in total. The number of rotatable bonds is 5. The third kappa shape index (κ3) is 5.09. The maximum atomic E-state index is 12.0. The van der Waals surface area contributed by atoms with Crippen LogP contribution < -0.4 is 5.32 Å². The summed E-state index contributed by atoms with van der Waals surface area (Å²) in [7, 11) is 3.44. The minimum absolute atomic E-state index is 0.0328. The molecule has 2 rings (SSSR count). The van der Waals surface area contributed by atoms with Crippen molar-refractivity contribution in [3.8, 4) is 0 Å². The maximum Gasteiger partial charge on any atom is 0.243 e. The quantitative estimate of drug-likeness (QED) is 0.889. The standard InChI is InChI=1S/C17H23N3O3/c1-19(2)17(23)11-13-6-8-14(9-7-13)18-15(21)12-20-10-4-3-5-16(20)22/h6-9H,3-5,10-12H2,1-2H3,(H,18,21). The van der Waals surface area contributed by atoms with Crippen LogP contribution in [-0.4, -0.2) is 54.7 Å². The Labute approximate surface area is 136 Å². The van der Waals surface area contributed by atoms with Crippen molar-refractivity contribution in [3.63, 3.8) is 0 Å². The van der Waals surface area contributed by atoms with Crippen LogP contribution in [0.15, 0.2) is 24.3 Å². The maximum absolute atomic E-state index is 12.0. The Morgan fingerprint density at radius 2 is 1.87 bits per heavy atom. The molecule has 1 aromatic carbocycles. The van der Waals surface area contributed by atoms with Crippen LogP contribution in [0.2, 0.25) is 0 Å². The average molecular weight is 317 g/mol. The van der Waals surface area contributed by atoms with E-state index in [1.807, 2.05) is 12.1 Å². The average Bonchev–Trinajstić information content (AvgIpc) is 2.51.